The van der Waals surface area contributed by atoms with Crippen molar-refractivity contribution >= 4 is 64.3 Å². The van der Waals surface area contributed by atoms with Crippen LogP contribution >= 0.6 is 11.3 Å². The molecule has 2 nitrogen and oxygen atoms in total. The molecule has 5 aromatic carbocycles. The highest BCUT2D eigenvalue weighted by atomic mass is 32.1. The summed E-state index contributed by atoms with van der Waals surface area (Å²) in [5.74, 6) is 0. The largest absolute Gasteiger partial charge is 0.301 e. The van der Waals surface area contributed by atoms with Gasteiger partial charge in [0.25, 0.3) is 0 Å². The second kappa shape index (κ2) is 7.08. The molecule has 0 aliphatic heterocycles. The molecule has 0 saturated carbocycles. The minimum Gasteiger partial charge on any atom is -0.301 e. The minimum absolute atomic E-state index is 1.20. The van der Waals surface area contributed by atoms with Crippen LogP contribution in [0.25, 0.3) is 64.4 Å². The quantitative estimate of drug-likeness (QED) is 0.241. The predicted octanol–water partition coefficient (Wildman–Crippen LogP) is 9.10. The van der Waals surface area contributed by atoms with Crippen molar-refractivity contribution in [2.24, 2.45) is 0 Å². The van der Waals surface area contributed by atoms with Gasteiger partial charge in [0, 0.05) is 38.3 Å². The number of para-hydroxylation sites is 3. The molecule has 0 bridgehead atoms. The van der Waals surface area contributed by atoms with Gasteiger partial charge in [-0.15, -0.1) is 0 Å². The standard InChI is InChI=1S/C32H20N2S/c1-3-12-22(13-4-1)33-27-18-10-9-17-25(27)28-29-26-20-19-21-11-7-8-16-24(21)30(26)34(32(29)35-31(28)33)23-14-5-2-6-15-23/h1-20H. The Morgan fingerprint density at radius 2 is 1.00 bits per heavy atom. The second-order valence-corrected chi connectivity index (χ2v) is 9.98. The molecule has 0 atom stereocenters. The molecule has 0 unspecified atom stereocenters. The Hall–Kier alpha value is -4.34. The highest BCUT2D eigenvalue weighted by molar-refractivity contribution is 7.25. The summed E-state index contributed by atoms with van der Waals surface area (Å²) in [5.41, 5.74) is 4.93. The highest BCUT2D eigenvalue weighted by Crippen LogP contribution is 2.48. The van der Waals surface area contributed by atoms with Gasteiger partial charge in [0.15, 0.2) is 0 Å². The van der Waals surface area contributed by atoms with Crippen LogP contribution in [0.3, 0.4) is 0 Å². The van der Waals surface area contributed by atoms with E-state index in [-0.39, 0.29) is 0 Å². The molecule has 0 aliphatic carbocycles. The Labute approximate surface area is 205 Å². The third kappa shape index (κ3) is 2.53. The van der Waals surface area contributed by atoms with Crippen molar-refractivity contribution < 1.29 is 0 Å². The lowest BCUT2D eigenvalue weighted by Gasteiger charge is -2.09. The maximum absolute atomic E-state index is 2.47. The summed E-state index contributed by atoms with van der Waals surface area (Å²) in [6.07, 6.45) is 0. The summed E-state index contributed by atoms with van der Waals surface area (Å²) < 4.78 is 4.90. The first kappa shape index (κ1) is 19.0. The predicted molar refractivity (Wildman–Crippen MR) is 151 cm³/mol. The van der Waals surface area contributed by atoms with Gasteiger partial charge in [0.2, 0.25) is 0 Å². The lowest BCUT2D eigenvalue weighted by molar-refractivity contribution is 1.19. The average molecular weight is 465 g/mol. The summed E-state index contributed by atoms with van der Waals surface area (Å²) in [6.45, 7) is 0. The van der Waals surface area contributed by atoms with Gasteiger partial charge in [-0.3, -0.25) is 0 Å². The van der Waals surface area contributed by atoms with Crippen molar-refractivity contribution in [3.8, 4) is 11.4 Å². The molecule has 164 valence electrons. The number of rotatable bonds is 2. The summed E-state index contributed by atoms with van der Waals surface area (Å²) in [5, 5.41) is 7.87. The van der Waals surface area contributed by atoms with Gasteiger partial charge in [-0.25, -0.2) is 0 Å². The van der Waals surface area contributed by atoms with E-state index in [1.807, 2.05) is 11.3 Å². The van der Waals surface area contributed by atoms with Crippen LogP contribution in [0.2, 0.25) is 0 Å². The van der Waals surface area contributed by atoms with E-state index in [4.69, 9.17) is 0 Å². The summed E-state index contributed by atoms with van der Waals surface area (Å²) in [6, 6.07) is 43.7. The average Bonchev–Trinajstić information content (AvgIpc) is 3.55. The Balaban J connectivity index is 1.66. The van der Waals surface area contributed by atoms with Gasteiger partial charge in [-0.05, 0) is 35.7 Å². The van der Waals surface area contributed by atoms with Gasteiger partial charge in [0.1, 0.15) is 9.66 Å². The lowest BCUT2D eigenvalue weighted by Crippen LogP contribution is -1.93. The van der Waals surface area contributed by atoms with Crippen LogP contribution in [0, 0.1) is 0 Å². The van der Waals surface area contributed by atoms with Crippen molar-refractivity contribution in [3.05, 3.63) is 121 Å². The third-order valence-corrected chi connectivity index (χ3v) is 8.27. The first-order chi connectivity index (χ1) is 17.4. The van der Waals surface area contributed by atoms with Crippen LogP contribution in [0.1, 0.15) is 0 Å². The number of benzene rings is 5. The van der Waals surface area contributed by atoms with Gasteiger partial charge in [-0.2, -0.15) is 0 Å². The van der Waals surface area contributed by atoms with E-state index >= 15 is 0 Å². The van der Waals surface area contributed by atoms with Crippen LogP contribution in [-0.4, -0.2) is 9.13 Å². The van der Waals surface area contributed by atoms with Crippen LogP contribution in [0.5, 0.6) is 0 Å². The zero-order valence-corrected chi connectivity index (χ0v) is 19.7. The van der Waals surface area contributed by atoms with Crippen LogP contribution in [0.4, 0.5) is 0 Å². The van der Waals surface area contributed by atoms with E-state index in [1.165, 1.54) is 64.4 Å². The lowest BCUT2D eigenvalue weighted by atomic mass is 10.0. The van der Waals surface area contributed by atoms with E-state index in [2.05, 4.69) is 130 Å². The highest BCUT2D eigenvalue weighted by Gasteiger charge is 2.24. The van der Waals surface area contributed by atoms with Gasteiger partial charge >= 0.3 is 0 Å². The maximum Gasteiger partial charge on any atom is 0.111 e. The van der Waals surface area contributed by atoms with E-state index in [1.54, 1.807) is 0 Å². The van der Waals surface area contributed by atoms with Crippen molar-refractivity contribution in [2.75, 3.05) is 0 Å². The zero-order chi connectivity index (χ0) is 22.9. The molecule has 8 aromatic rings. The number of thiophene rings is 1. The fourth-order valence-electron chi connectivity index (χ4n) is 5.67. The van der Waals surface area contributed by atoms with Crippen molar-refractivity contribution in [1.82, 2.24) is 9.13 Å². The topological polar surface area (TPSA) is 9.86 Å². The molecular weight excluding hydrogens is 444 g/mol. The van der Waals surface area contributed by atoms with Crippen molar-refractivity contribution in [3.63, 3.8) is 0 Å². The van der Waals surface area contributed by atoms with Crippen LogP contribution in [-0.2, 0) is 0 Å². The second-order valence-electron chi connectivity index (χ2n) is 9.00. The molecule has 0 radical (unpaired) electrons. The molecule has 0 aliphatic rings. The number of nitrogens with zero attached hydrogens (tertiary/aromatic N) is 2. The monoisotopic (exact) mass is 464 g/mol. The van der Waals surface area contributed by atoms with Crippen molar-refractivity contribution in [2.45, 2.75) is 0 Å². The maximum atomic E-state index is 2.47. The van der Waals surface area contributed by atoms with Gasteiger partial charge in [0.05, 0.1) is 11.0 Å². The van der Waals surface area contributed by atoms with E-state index < -0.39 is 0 Å². The summed E-state index contributed by atoms with van der Waals surface area (Å²) in [7, 11) is 0. The number of hydrogen-bond acceptors (Lipinski definition) is 1. The molecule has 0 saturated heterocycles. The van der Waals surface area contributed by atoms with E-state index in [0.29, 0.717) is 0 Å². The molecule has 3 heterocycles. The van der Waals surface area contributed by atoms with E-state index in [9.17, 15) is 0 Å². The fourth-order valence-corrected chi connectivity index (χ4v) is 7.06. The number of aromatic nitrogens is 2. The molecule has 35 heavy (non-hydrogen) atoms. The zero-order valence-electron chi connectivity index (χ0n) is 18.8. The number of fused-ring (bicyclic) bond motifs is 9. The molecule has 3 aromatic heterocycles. The molecular formula is C32H20N2S. The minimum atomic E-state index is 1.20. The number of hydrogen-bond donors (Lipinski definition) is 0. The summed E-state index contributed by atoms with van der Waals surface area (Å²) >= 11 is 1.89. The SMILES string of the molecule is c1ccc(-n2c3ccccc3c3c4c5ccc6ccccc6c5n(-c5ccccc5)c4sc32)cc1. The molecule has 0 spiro atoms. The van der Waals surface area contributed by atoms with E-state index in [0.717, 1.165) is 0 Å². The van der Waals surface area contributed by atoms with Crippen molar-refractivity contribution in [1.29, 1.82) is 0 Å². The Morgan fingerprint density at radius 3 is 1.77 bits per heavy atom. The van der Waals surface area contributed by atoms with Gasteiger partial charge < -0.3 is 9.13 Å². The fraction of sp³-hybridized carbons (Fsp3) is 0. The first-order valence-electron chi connectivity index (χ1n) is 11.9. The molecule has 0 fully saturated rings. The molecule has 8 rings (SSSR count). The molecule has 3 heteroatoms. The normalized spacial score (nSPS) is 12.0. The first-order valence-corrected chi connectivity index (χ1v) is 12.7. The van der Waals surface area contributed by atoms with Crippen LogP contribution < -0.4 is 0 Å². The Kier molecular flexibility index (Phi) is 3.85. The smallest absolute Gasteiger partial charge is 0.111 e. The third-order valence-electron chi connectivity index (χ3n) is 7.11. The van der Waals surface area contributed by atoms with Crippen LogP contribution in [0.15, 0.2) is 121 Å². The summed E-state index contributed by atoms with van der Waals surface area (Å²) in [4.78, 5) is 2.59. The molecule has 0 amide bonds. The Bertz CT molecular complexity index is 2040. The van der Waals surface area contributed by atoms with Gasteiger partial charge in [-0.1, -0.05) is 102 Å². The Morgan fingerprint density at radius 1 is 0.429 bits per heavy atom. The molecule has 0 N–H and O–H groups in total.